The Bertz CT molecular complexity index is 347. The number of nitrogens with zero attached hydrogens (tertiary/aromatic N) is 3. The van der Waals surface area contributed by atoms with E-state index in [2.05, 4.69) is 14.9 Å². The van der Waals surface area contributed by atoms with Gasteiger partial charge in [-0.05, 0) is 19.1 Å². The Balaban J connectivity index is 1.94. The SMILES string of the molecule is Cc1nonc1CC(=O)N1CCCSC1. The normalized spacial score (nSPS) is 16.7. The van der Waals surface area contributed by atoms with Gasteiger partial charge in [-0.1, -0.05) is 10.3 Å². The summed E-state index contributed by atoms with van der Waals surface area (Å²) >= 11 is 1.79. The number of hydrogen-bond donors (Lipinski definition) is 0. The fraction of sp³-hybridized carbons (Fsp3) is 0.667. The molecule has 0 N–H and O–H groups in total. The van der Waals surface area contributed by atoms with Crippen LogP contribution in [-0.4, -0.2) is 39.3 Å². The van der Waals surface area contributed by atoms with Gasteiger partial charge in [-0.2, -0.15) is 0 Å². The zero-order valence-electron chi connectivity index (χ0n) is 8.60. The third-order valence-corrected chi connectivity index (χ3v) is 3.45. The summed E-state index contributed by atoms with van der Waals surface area (Å²) in [6.07, 6.45) is 1.38. The topological polar surface area (TPSA) is 59.2 Å². The van der Waals surface area contributed by atoms with E-state index in [1.165, 1.54) is 0 Å². The maximum Gasteiger partial charge on any atom is 0.229 e. The summed E-state index contributed by atoms with van der Waals surface area (Å²) in [5.74, 6) is 2.05. The second kappa shape index (κ2) is 4.65. The molecule has 15 heavy (non-hydrogen) atoms. The molecule has 0 aromatic carbocycles. The van der Waals surface area contributed by atoms with E-state index in [4.69, 9.17) is 0 Å². The third-order valence-electron chi connectivity index (χ3n) is 2.38. The lowest BCUT2D eigenvalue weighted by Crippen LogP contribution is -2.35. The summed E-state index contributed by atoms with van der Waals surface area (Å²) in [7, 11) is 0. The van der Waals surface area contributed by atoms with E-state index in [0.717, 1.165) is 24.6 Å². The highest BCUT2D eigenvalue weighted by Gasteiger charge is 2.19. The molecule has 1 saturated heterocycles. The van der Waals surface area contributed by atoms with Crippen LogP contribution in [0.3, 0.4) is 0 Å². The van der Waals surface area contributed by atoms with Crippen LogP contribution in [0.5, 0.6) is 0 Å². The van der Waals surface area contributed by atoms with Crippen molar-refractivity contribution in [2.75, 3.05) is 18.2 Å². The summed E-state index contributed by atoms with van der Waals surface area (Å²) in [4.78, 5) is 13.7. The molecule has 1 fully saturated rings. The van der Waals surface area contributed by atoms with Gasteiger partial charge in [0.25, 0.3) is 0 Å². The van der Waals surface area contributed by atoms with Gasteiger partial charge in [0.05, 0.1) is 12.3 Å². The Morgan fingerprint density at radius 1 is 1.60 bits per heavy atom. The minimum Gasteiger partial charge on any atom is -0.333 e. The highest BCUT2D eigenvalue weighted by Crippen LogP contribution is 2.15. The van der Waals surface area contributed by atoms with Crippen LogP contribution in [0.1, 0.15) is 17.8 Å². The first-order valence-corrected chi connectivity index (χ1v) is 6.06. The van der Waals surface area contributed by atoms with Crippen molar-refractivity contribution < 1.29 is 9.42 Å². The molecule has 0 aliphatic carbocycles. The second-order valence-corrected chi connectivity index (χ2v) is 4.60. The maximum atomic E-state index is 11.8. The highest BCUT2D eigenvalue weighted by molar-refractivity contribution is 7.99. The Kier molecular flexibility index (Phi) is 3.25. The molecule has 6 heteroatoms. The lowest BCUT2D eigenvalue weighted by Gasteiger charge is -2.25. The van der Waals surface area contributed by atoms with Crippen LogP contribution in [0.4, 0.5) is 0 Å². The molecular weight excluding hydrogens is 214 g/mol. The van der Waals surface area contributed by atoms with Crippen molar-refractivity contribution >= 4 is 17.7 Å². The van der Waals surface area contributed by atoms with Crippen LogP contribution in [0, 0.1) is 6.92 Å². The van der Waals surface area contributed by atoms with Crippen LogP contribution in [0.2, 0.25) is 0 Å². The van der Waals surface area contributed by atoms with Gasteiger partial charge < -0.3 is 4.90 Å². The zero-order chi connectivity index (χ0) is 10.7. The van der Waals surface area contributed by atoms with Crippen LogP contribution < -0.4 is 0 Å². The maximum absolute atomic E-state index is 11.8. The molecule has 1 aromatic rings. The standard InChI is InChI=1S/C9H13N3O2S/c1-7-8(11-14-10-7)5-9(13)12-3-2-4-15-6-12/h2-6H2,1H3. The average molecular weight is 227 g/mol. The molecule has 0 unspecified atom stereocenters. The lowest BCUT2D eigenvalue weighted by molar-refractivity contribution is -0.129. The molecule has 1 aliphatic rings. The summed E-state index contributed by atoms with van der Waals surface area (Å²) < 4.78 is 4.56. The van der Waals surface area contributed by atoms with E-state index in [-0.39, 0.29) is 5.91 Å². The van der Waals surface area contributed by atoms with Crippen molar-refractivity contribution in [3.63, 3.8) is 0 Å². The van der Waals surface area contributed by atoms with Crippen LogP contribution in [0.15, 0.2) is 4.63 Å². The van der Waals surface area contributed by atoms with Gasteiger partial charge in [-0.15, -0.1) is 11.8 Å². The number of aromatic nitrogens is 2. The fourth-order valence-corrected chi connectivity index (χ4v) is 2.41. The predicted octanol–water partition coefficient (Wildman–Crippen LogP) is 0.844. The molecule has 1 aliphatic heterocycles. The summed E-state index contributed by atoms with van der Waals surface area (Å²) in [6.45, 7) is 2.65. The van der Waals surface area contributed by atoms with Gasteiger partial charge in [-0.25, -0.2) is 4.63 Å². The fourth-order valence-electron chi connectivity index (χ4n) is 1.46. The minimum atomic E-state index is 0.112. The molecular formula is C9H13N3O2S. The molecule has 5 nitrogen and oxygen atoms in total. The van der Waals surface area contributed by atoms with Crippen molar-refractivity contribution in [3.8, 4) is 0 Å². The summed E-state index contributed by atoms with van der Waals surface area (Å²) in [5, 5.41) is 7.36. The van der Waals surface area contributed by atoms with Gasteiger partial charge in [-0.3, -0.25) is 4.79 Å². The Labute approximate surface area is 92.2 Å². The Morgan fingerprint density at radius 2 is 2.47 bits per heavy atom. The van der Waals surface area contributed by atoms with E-state index in [9.17, 15) is 4.79 Å². The smallest absolute Gasteiger partial charge is 0.229 e. The largest absolute Gasteiger partial charge is 0.333 e. The van der Waals surface area contributed by atoms with E-state index < -0.39 is 0 Å². The average Bonchev–Trinajstić information content (AvgIpc) is 2.66. The van der Waals surface area contributed by atoms with Gasteiger partial charge in [0.2, 0.25) is 5.91 Å². The van der Waals surface area contributed by atoms with E-state index >= 15 is 0 Å². The van der Waals surface area contributed by atoms with Gasteiger partial charge in [0.15, 0.2) is 0 Å². The van der Waals surface area contributed by atoms with Gasteiger partial charge >= 0.3 is 0 Å². The molecule has 0 spiro atoms. The monoisotopic (exact) mass is 227 g/mol. The quantitative estimate of drug-likeness (QED) is 0.749. The highest BCUT2D eigenvalue weighted by atomic mass is 32.2. The first-order chi connectivity index (χ1) is 7.27. The number of carbonyl (C=O) groups is 1. The number of hydrogen-bond acceptors (Lipinski definition) is 5. The second-order valence-electron chi connectivity index (χ2n) is 3.52. The van der Waals surface area contributed by atoms with Crippen molar-refractivity contribution in [1.29, 1.82) is 0 Å². The van der Waals surface area contributed by atoms with Gasteiger partial charge in [0, 0.05) is 6.54 Å². The molecule has 0 saturated carbocycles. The number of carbonyl (C=O) groups excluding carboxylic acids is 1. The molecule has 1 aromatic heterocycles. The van der Waals surface area contributed by atoms with Crippen molar-refractivity contribution in [2.24, 2.45) is 0 Å². The van der Waals surface area contributed by atoms with Gasteiger partial charge in [0.1, 0.15) is 11.4 Å². The molecule has 1 amide bonds. The number of rotatable bonds is 2. The molecule has 0 radical (unpaired) electrons. The molecule has 2 heterocycles. The third kappa shape index (κ3) is 2.50. The number of thioether (sulfide) groups is 1. The van der Waals surface area contributed by atoms with E-state index in [1.807, 2.05) is 4.90 Å². The number of aryl methyl sites for hydroxylation is 1. The molecule has 82 valence electrons. The minimum absolute atomic E-state index is 0.112. The van der Waals surface area contributed by atoms with Crippen LogP contribution in [0.25, 0.3) is 0 Å². The van der Waals surface area contributed by atoms with Crippen molar-refractivity contribution in [3.05, 3.63) is 11.4 Å². The van der Waals surface area contributed by atoms with Crippen LogP contribution in [-0.2, 0) is 11.2 Å². The zero-order valence-corrected chi connectivity index (χ0v) is 9.42. The number of amides is 1. The Hall–Kier alpha value is -1.04. The van der Waals surface area contributed by atoms with E-state index in [0.29, 0.717) is 17.8 Å². The van der Waals surface area contributed by atoms with E-state index in [1.54, 1.807) is 18.7 Å². The Morgan fingerprint density at radius 3 is 3.07 bits per heavy atom. The first kappa shape index (κ1) is 10.5. The molecule has 0 bridgehead atoms. The molecule has 2 rings (SSSR count). The predicted molar refractivity (Wildman–Crippen MR) is 56.4 cm³/mol. The van der Waals surface area contributed by atoms with Crippen molar-refractivity contribution in [2.45, 2.75) is 19.8 Å². The summed E-state index contributed by atoms with van der Waals surface area (Å²) in [6, 6.07) is 0. The lowest BCUT2D eigenvalue weighted by atomic mass is 10.2. The molecule has 0 atom stereocenters. The summed E-state index contributed by atoms with van der Waals surface area (Å²) in [5.41, 5.74) is 1.35. The first-order valence-electron chi connectivity index (χ1n) is 4.91. The van der Waals surface area contributed by atoms with Crippen LogP contribution >= 0.6 is 11.8 Å². The van der Waals surface area contributed by atoms with Crippen molar-refractivity contribution in [1.82, 2.24) is 15.2 Å².